The van der Waals surface area contributed by atoms with Crippen molar-refractivity contribution in [2.45, 2.75) is 31.7 Å². The molecule has 1 atom stereocenters. The van der Waals surface area contributed by atoms with Crippen molar-refractivity contribution in [3.05, 3.63) is 24.0 Å². The van der Waals surface area contributed by atoms with E-state index in [1.54, 1.807) is 0 Å². The molecule has 1 heterocycles. The van der Waals surface area contributed by atoms with E-state index in [9.17, 15) is 0 Å². The van der Waals surface area contributed by atoms with Crippen molar-refractivity contribution in [1.29, 1.82) is 0 Å². The molecule has 1 rings (SSSR count). The highest BCUT2D eigenvalue weighted by Crippen LogP contribution is 2.18. The summed E-state index contributed by atoms with van der Waals surface area (Å²) in [7, 11) is 0. The number of nitrogens with zero attached hydrogens (tertiary/aromatic N) is 2. The minimum Gasteiger partial charge on any atom is -0.323 e. The summed E-state index contributed by atoms with van der Waals surface area (Å²) < 4.78 is 0. The van der Waals surface area contributed by atoms with Gasteiger partial charge in [0, 0.05) is 29.4 Å². The van der Waals surface area contributed by atoms with E-state index in [1.807, 2.05) is 30.9 Å². The smallest absolute Gasteiger partial charge is 0.0569 e. The Morgan fingerprint density at radius 1 is 1.35 bits per heavy atom. The molecule has 0 fully saturated rings. The predicted octanol–water partition coefficient (Wildman–Crippen LogP) is 2.54. The molecule has 0 aliphatic rings. The standard InChI is InChI=1S/C13H23N3S/c1-4-16(5-2)8-9-17-12-6-7-13(11(3)14)15-10-12/h6-7,10-11H,4-5,8-9,14H2,1-3H3. The number of rotatable bonds is 7. The molecule has 0 spiro atoms. The van der Waals surface area contributed by atoms with Crippen molar-refractivity contribution < 1.29 is 0 Å². The third-order valence-corrected chi connectivity index (χ3v) is 3.76. The summed E-state index contributed by atoms with van der Waals surface area (Å²) in [6.45, 7) is 9.74. The maximum atomic E-state index is 5.76. The predicted molar refractivity (Wildman–Crippen MR) is 75.4 cm³/mol. The summed E-state index contributed by atoms with van der Waals surface area (Å²) in [5.41, 5.74) is 6.72. The van der Waals surface area contributed by atoms with E-state index in [0.29, 0.717) is 0 Å². The largest absolute Gasteiger partial charge is 0.323 e. The molecule has 96 valence electrons. The van der Waals surface area contributed by atoms with Gasteiger partial charge in [-0.1, -0.05) is 13.8 Å². The van der Waals surface area contributed by atoms with Gasteiger partial charge in [0.15, 0.2) is 0 Å². The Hall–Kier alpha value is -0.580. The van der Waals surface area contributed by atoms with Gasteiger partial charge in [-0.2, -0.15) is 0 Å². The lowest BCUT2D eigenvalue weighted by molar-refractivity contribution is 0.324. The van der Waals surface area contributed by atoms with Gasteiger partial charge in [-0.25, -0.2) is 0 Å². The molecule has 2 N–H and O–H groups in total. The quantitative estimate of drug-likeness (QED) is 0.758. The minimum absolute atomic E-state index is 0.0183. The molecule has 0 radical (unpaired) electrons. The van der Waals surface area contributed by atoms with Crippen LogP contribution in [0.15, 0.2) is 23.2 Å². The summed E-state index contributed by atoms with van der Waals surface area (Å²) in [4.78, 5) is 8.01. The molecule has 4 heteroatoms. The summed E-state index contributed by atoms with van der Waals surface area (Å²) in [5.74, 6) is 1.11. The van der Waals surface area contributed by atoms with Crippen molar-refractivity contribution in [3.8, 4) is 0 Å². The monoisotopic (exact) mass is 253 g/mol. The van der Waals surface area contributed by atoms with Gasteiger partial charge in [0.1, 0.15) is 0 Å². The maximum absolute atomic E-state index is 5.76. The van der Waals surface area contributed by atoms with E-state index in [4.69, 9.17) is 5.73 Å². The average Bonchev–Trinajstić information content (AvgIpc) is 2.35. The van der Waals surface area contributed by atoms with Crippen LogP contribution < -0.4 is 5.73 Å². The first-order valence-corrected chi connectivity index (χ1v) is 7.22. The number of hydrogen-bond donors (Lipinski definition) is 1. The SMILES string of the molecule is CCN(CC)CCSc1ccc(C(C)N)nc1. The number of aromatic nitrogens is 1. The molecule has 1 aromatic rings. The molecule has 1 aromatic heterocycles. The van der Waals surface area contributed by atoms with E-state index in [-0.39, 0.29) is 6.04 Å². The van der Waals surface area contributed by atoms with Gasteiger partial charge < -0.3 is 10.6 Å². The molecular weight excluding hydrogens is 230 g/mol. The molecule has 17 heavy (non-hydrogen) atoms. The van der Waals surface area contributed by atoms with Crippen LogP contribution in [0.4, 0.5) is 0 Å². The molecule has 0 aliphatic carbocycles. The van der Waals surface area contributed by atoms with E-state index in [1.165, 1.54) is 4.90 Å². The number of nitrogens with two attached hydrogens (primary N) is 1. The van der Waals surface area contributed by atoms with Gasteiger partial charge in [-0.3, -0.25) is 4.98 Å². The first-order valence-electron chi connectivity index (χ1n) is 6.24. The van der Waals surface area contributed by atoms with Gasteiger partial charge in [0.05, 0.1) is 5.69 Å². The van der Waals surface area contributed by atoms with Crippen LogP contribution in [0.3, 0.4) is 0 Å². The van der Waals surface area contributed by atoms with Crippen LogP contribution >= 0.6 is 11.8 Å². The Labute approximate surface area is 109 Å². The van der Waals surface area contributed by atoms with Crippen LogP contribution in [-0.4, -0.2) is 35.3 Å². The molecule has 0 aliphatic heterocycles. The highest BCUT2D eigenvalue weighted by atomic mass is 32.2. The topological polar surface area (TPSA) is 42.1 Å². The molecular formula is C13H23N3S. The van der Waals surface area contributed by atoms with E-state index >= 15 is 0 Å². The molecule has 0 saturated heterocycles. The first kappa shape index (κ1) is 14.5. The second-order valence-corrected chi connectivity index (χ2v) is 5.25. The molecule has 0 saturated carbocycles. The number of hydrogen-bond acceptors (Lipinski definition) is 4. The Kier molecular flexibility index (Phi) is 6.55. The summed E-state index contributed by atoms with van der Waals surface area (Å²) in [5, 5.41) is 0. The third-order valence-electron chi connectivity index (χ3n) is 2.80. The molecule has 0 amide bonds. The molecule has 1 unspecified atom stereocenters. The normalized spacial score (nSPS) is 13.0. The van der Waals surface area contributed by atoms with Gasteiger partial charge in [0.25, 0.3) is 0 Å². The van der Waals surface area contributed by atoms with Crippen LogP contribution in [0.5, 0.6) is 0 Å². The van der Waals surface area contributed by atoms with E-state index in [2.05, 4.69) is 29.8 Å². The molecule has 0 bridgehead atoms. The highest BCUT2D eigenvalue weighted by molar-refractivity contribution is 7.99. The third kappa shape index (κ3) is 5.06. The van der Waals surface area contributed by atoms with Gasteiger partial charge in [-0.05, 0) is 32.1 Å². The Morgan fingerprint density at radius 2 is 2.06 bits per heavy atom. The van der Waals surface area contributed by atoms with Gasteiger partial charge in [0.2, 0.25) is 0 Å². The van der Waals surface area contributed by atoms with Gasteiger partial charge in [-0.15, -0.1) is 11.8 Å². The first-order chi connectivity index (χ1) is 8.17. The summed E-state index contributed by atoms with van der Waals surface area (Å²) >= 11 is 1.85. The lowest BCUT2D eigenvalue weighted by Gasteiger charge is -2.17. The van der Waals surface area contributed by atoms with Crippen LogP contribution in [0.2, 0.25) is 0 Å². The second-order valence-electron chi connectivity index (χ2n) is 4.08. The van der Waals surface area contributed by atoms with E-state index < -0.39 is 0 Å². The maximum Gasteiger partial charge on any atom is 0.0569 e. The van der Waals surface area contributed by atoms with Crippen molar-refractivity contribution >= 4 is 11.8 Å². The summed E-state index contributed by atoms with van der Waals surface area (Å²) in [6.07, 6.45) is 1.92. The Morgan fingerprint density at radius 3 is 2.53 bits per heavy atom. The van der Waals surface area contributed by atoms with Crippen LogP contribution in [-0.2, 0) is 0 Å². The lowest BCUT2D eigenvalue weighted by Crippen LogP contribution is -2.25. The Bertz CT molecular complexity index is 307. The fourth-order valence-electron chi connectivity index (χ4n) is 1.58. The molecule has 0 aromatic carbocycles. The van der Waals surface area contributed by atoms with Crippen molar-refractivity contribution in [1.82, 2.24) is 9.88 Å². The zero-order chi connectivity index (χ0) is 12.7. The average molecular weight is 253 g/mol. The second kappa shape index (κ2) is 7.69. The number of pyridine rings is 1. The van der Waals surface area contributed by atoms with Crippen LogP contribution in [0.25, 0.3) is 0 Å². The zero-order valence-electron chi connectivity index (χ0n) is 11.0. The Balaban J connectivity index is 2.37. The van der Waals surface area contributed by atoms with E-state index in [0.717, 1.165) is 31.1 Å². The van der Waals surface area contributed by atoms with Gasteiger partial charge >= 0.3 is 0 Å². The fraction of sp³-hybridized carbons (Fsp3) is 0.615. The highest BCUT2D eigenvalue weighted by Gasteiger charge is 2.02. The zero-order valence-corrected chi connectivity index (χ0v) is 11.8. The minimum atomic E-state index is 0.0183. The molecule has 3 nitrogen and oxygen atoms in total. The van der Waals surface area contributed by atoms with Crippen molar-refractivity contribution in [3.63, 3.8) is 0 Å². The van der Waals surface area contributed by atoms with Crippen molar-refractivity contribution in [2.24, 2.45) is 5.73 Å². The van der Waals surface area contributed by atoms with Crippen LogP contribution in [0.1, 0.15) is 32.5 Å². The number of thioether (sulfide) groups is 1. The van der Waals surface area contributed by atoms with Crippen LogP contribution in [0, 0.1) is 0 Å². The fourth-order valence-corrected chi connectivity index (χ4v) is 2.46. The lowest BCUT2D eigenvalue weighted by atomic mass is 10.2. The summed E-state index contributed by atoms with van der Waals surface area (Å²) in [6, 6.07) is 4.15. The van der Waals surface area contributed by atoms with Crippen molar-refractivity contribution in [2.75, 3.05) is 25.4 Å².